The summed E-state index contributed by atoms with van der Waals surface area (Å²) >= 11 is 7.88. The number of carbonyl (C=O) groups is 1. The smallest absolute Gasteiger partial charge is 0.253 e. The number of rotatable bonds is 4. The van der Waals surface area contributed by atoms with Gasteiger partial charge in [0.1, 0.15) is 0 Å². The Labute approximate surface area is 151 Å². The standard InChI is InChI=1S/C19H20ClNO2S/c1-23-13-16-12-15(19(22)21-8-10-24-11-9-21)4-7-18(16)14-2-5-17(20)6-3-14/h2-7,12H,8-11,13H2,1H3. The van der Waals surface area contributed by atoms with E-state index in [4.69, 9.17) is 16.3 Å². The van der Waals surface area contributed by atoms with Gasteiger partial charge in [-0.2, -0.15) is 11.8 Å². The molecular formula is C19H20ClNO2S. The highest BCUT2D eigenvalue weighted by Crippen LogP contribution is 2.27. The van der Waals surface area contributed by atoms with Gasteiger partial charge in [0.05, 0.1) is 6.61 Å². The molecular weight excluding hydrogens is 342 g/mol. The number of ether oxygens (including phenoxy) is 1. The molecule has 2 aromatic rings. The van der Waals surface area contributed by atoms with E-state index in [0.29, 0.717) is 11.6 Å². The van der Waals surface area contributed by atoms with Crippen LogP contribution in [0.1, 0.15) is 15.9 Å². The van der Waals surface area contributed by atoms with Gasteiger partial charge in [-0.25, -0.2) is 0 Å². The Balaban J connectivity index is 1.91. The molecule has 0 radical (unpaired) electrons. The van der Waals surface area contributed by atoms with Gasteiger partial charge >= 0.3 is 0 Å². The molecule has 2 aromatic carbocycles. The number of hydrogen-bond acceptors (Lipinski definition) is 3. The van der Waals surface area contributed by atoms with Gasteiger partial charge in [0.25, 0.3) is 5.91 Å². The molecule has 0 aliphatic carbocycles. The molecule has 0 saturated carbocycles. The van der Waals surface area contributed by atoms with Crippen molar-refractivity contribution in [3.8, 4) is 11.1 Å². The summed E-state index contributed by atoms with van der Waals surface area (Å²) in [5.41, 5.74) is 3.88. The predicted molar refractivity (Wildman–Crippen MR) is 101 cm³/mol. The molecule has 24 heavy (non-hydrogen) atoms. The predicted octanol–water partition coefficient (Wildman–Crippen LogP) is 4.34. The van der Waals surface area contributed by atoms with Crippen molar-refractivity contribution in [2.45, 2.75) is 6.61 Å². The zero-order valence-corrected chi connectivity index (χ0v) is 15.2. The van der Waals surface area contributed by atoms with E-state index in [1.165, 1.54) is 0 Å². The molecule has 0 aromatic heterocycles. The van der Waals surface area contributed by atoms with Crippen LogP contribution in [0.2, 0.25) is 5.02 Å². The molecule has 1 aliphatic rings. The normalized spacial score (nSPS) is 14.7. The summed E-state index contributed by atoms with van der Waals surface area (Å²) in [5, 5.41) is 0.710. The van der Waals surface area contributed by atoms with Crippen LogP contribution in [-0.4, -0.2) is 42.5 Å². The van der Waals surface area contributed by atoms with Crippen LogP contribution in [0, 0.1) is 0 Å². The van der Waals surface area contributed by atoms with Crippen LogP contribution in [-0.2, 0) is 11.3 Å². The van der Waals surface area contributed by atoms with E-state index in [0.717, 1.165) is 46.8 Å². The van der Waals surface area contributed by atoms with Gasteiger partial charge in [0, 0.05) is 42.3 Å². The maximum atomic E-state index is 12.7. The summed E-state index contributed by atoms with van der Waals surface area (Å²) in [6.45, 7) is 2.11. The van der Waals surface area contributed by atoms with E-state index in [9.17, 15) is 4.79 Å². The third kappa shape index (κ3) is 3.94. The van der Waals surface area contributed by atoms with Crippen molar-refractivity contribution >= 4 is 29.3 Å². The maximum absolute atomic E-state index is 12.7. The van der Waals surface area contributed by atoms with E-state index in [2.05, 4.69) is 0 Å². The lowest BCUT2D eigenvalue weighted by Crippen LogP contribution is -2.37. The minimum atomic E-state index is 0.107. The van der Waals surface area contributed by atoms with Crippen LogP contribution < -0.4 is 0 Å². The topological polar surface area (TPSA) is 29.5 Å². The fourth-order valence-corrected chi connectivity index (χ4v) is 3.89. The molecule has 5 heteroatoms. The minimum Gasteiger partial charge on any atom is -0.380 e. The highest BCUT2D eigenvalue weighted by Gasteiger charge is 2.19. The van der Waals surface area contributed by atoms with Gasteiger partial charge in [-0.05, 0) is 41.0 Å². The largest absolute Gasteiger partial charge is 0.380 e. The third-order valence-corrected chi connectivity index (χ3v) is 5.30. The molecule has 0 N–H and O–H groups in total. The van der Waals surface area contributed by atoms with Gasteiger partial charge in [-0.3, -0.25) is 4.79 Å². The zero-order valence-electron chi connectivity index (χ0n) is 13.6. The van der Waals surface area contributed by atoms with E-state index in [1.54, 1.807) is 7.11 Å². The second-order valence-electron chi connectivity index (χ2n) is 5.72. The second kappa shape index (κ2) is 8.06. The van der Waals surface area contributed by atoms with Crippen LogP contribution >= 0.6 is 23.4 Å². The number of methoxy groups -OCH3 is 1. The fraction of sp³-hybridized carbons (Fsp3) is 0.316. The number of thioether (sulfide) groups is 1. The van der Waals surface area contributed by atoms with Gasteiger partial charge in [0.2, 0.25) is 0 Å². The van der Waals surface area contributed by atoms with Crippen molar-refractivity contribution < 1.29 is 9.53 Å². The van der Waals surface area contributed by atoms with Crippen LogP contribution in [0.5, 0.6) is 0 Å². The van der Waals surface area contributed by atoms with Crippen LogP contribution in [0.25, 0.3) is 11.1 Å². The average Bonchev–Trinajstić information content (AvgIpc) is 2.63. The second-order valence-corrected chi connectivity index (χ2v) is 7.38. The van der Waals surface area contributed by atoms with E-state index in [-0.39, 0.29) is 5.91 Å². The van der Waals surface area contributed by atoms with E-state index >= 15 is 0 Å². The molecule has 0 spiro atoms. The third-order valence-electron chi connectivity index (χ3n) is 4.11. The van der Waals surface area contributed by atoms with Crippen molar-refractivity contribution in [3.05, 3.63) is 58.6 Å². The molecule has 0 bridgehead atoms. The Morgan fingerprint density at radius 2 is 1.88 bits per heavy atom. The first-order chi connectivity index (χ1) is 11.7. The van der Waals surface area contributed by atoms with Gasteiger partial charge < -0.3 is 9.64 Å². The number of hydrogen-bond donors (Lipinski definition) is 0. The van der Waals surface area contributed by atoms with Crippen molar-refractivity contribution in [2.75, 3.05) is 31.7 Å². The van der Waals surface area contributed by atoms with Gasteiger partial charge in [-0.1, -0.05) is 29.8 Å². The molecule has 0 atom stereocenters. The lowest BCUT2D eigenvalue weighted by molar-refractivity contribution is 0.0772. The summed E-state index contributed by atoms with van der Waals surface area (Å²) in [4.78, 5) is 14.6. The van der Waals surface area contributed by atoms with E-state index < -0.39 is 0 Å². The summed E-state index contributed by atoms with van der Waals surface area (Å²) in [7, 11) is 1.67. The first kappa shape index (κ1) is 17.3. The summed E-state index contributed by atoms with van der Waals surface area (Å²) < 4.78 is 5.34. The van der Waals surface area contributed by atoms with E-state index in [1.807, 2.05) is 59.1 Å². The Morgan fingerprint density at radius 1 is 1.17 bits per heavy atom. The molecule has 3 rings (SSSR count). The van der Waals surface area contributed by atoms with Crippen LogP contribution in [0.4, 0.5) is 0 Å². The first-order valence-electron chi connectivity index (χ1n) is 7.94. The SMILES string of the molecule is COCc1cc(C(=O)N2CCSCC2)ccc1-c1ccc(Cl)cc1. The zero-order chi connectivity index (χ0) is 16.9. The number of halogens is 1. The molecule has 0 unspecified atom stereocenters. The molecule has 3 nitrogen and oxygen atoms in total. The molecule has 1 amide bonds. The summed E-state index contributed by atoms with van der Waals surface area (Å²) in [5.74, 6) is 2.13. The van der Waals surface area contributed by atoms with Crippen molar-refractivity contribution in [3.63, 3.8) is 0 Å². The highest BCUT2D eigenvalue weighted by molar-refractivity contribution is 7.99. The number of nitrogens with zero attached hydrogens (tertiary/aromatic N) is 1. The highest BCUT2D eigenvalue weighted by atomic mass is 35.5. The monoisotopic (exact) mass is 361 g/mol. The lowest BCUT2D eigenvalue weighted by Gasteiger charge is -2.26. The summed E-state index contributed by atoms with van der Waals surface area (Å²) in [6.07, 6.45) is 0. The molecule has 1 saturated heterocycles. The minimum absolute atomic E-state index is 0.107. The number of carbonyl (C=O) groups excluding carboxylic acids is 1. The maximum Gasteiger partial charge on any atom is 0.253 e. The molecule has 1 aliphatic heterocycles. The van der Waals surface area contributed by atoms with Crippen LogP contribution in [0.3, 0.4) is 0 Å². The Kier molecular flexibility index (Phi) is 5.82. The molecule has 1 heterocycles. The lowest BCUT2D eigenvalue weighted by atomic mass is 9.97. The van der Waals surface area contributed by atoms with Gasteiger partial charge in [0.15, 0.2) is 0 Å². The average molecular weight is 362 g/mol. The number of benzene rings is 2. The Hall–Kier alpha value is -1.49. The van der Waals surface area contributed by atoms with Gasteiger partial charge in [-0.15, -0.1) is 0 Å². The first-order valence-corrected chi connectivity index (χ1v) is 9.47. The van der Waals surface area contributed by atoms with Crippen molar-refractivity contribution in [1.29, 1.82) is 0 Å². The quantitative estimate of drug-likeness (QED) is 0.811. The number of amides is 1. The Bertz CT molecular complexity index is 712. The molecule has 1 fully saturated rings. The fourth-order valence-electron chi connectivity index (χ4n) is 2.86. The summed E-state index contributed by atoms with van der Waals surface area (Å²) in [6, 6.07) is 13.6. The van der Waals surface area contributed by atoms with Crippen molar-refractivity contribution in [2.24, 2.45) is 0 Å². The molecule has 126 valence electrons. The Morgan fingerprint density at radius 3 is 2.54 bits per heavy atom. The van der Waals surface area contributed by atoms with Crippen LogP contribution in [0.15, 0.2) is 42.5 Å². The van der Waals surface area contributed by atoms with Crippen molar-refractivity contribution in [1.82, 2.24) is 4.90 Å².